The molecule has 0 atom stereocenters. The Balaban J connectivity index is 2.16. The topological polar surface area (TPSA) is 28.2 Å². The molecule has 0 bridgehead atoms. The van der Waals surface area contributed by atoms with Crippen LogP contribution in [0, 0.1) is 0 Å². The van der Waals surface area contributed by atoms with E-state index in [9.17, 15) is 0 Å². The molecule has 0 aromatic carbocycles. The summed E-state index contributed by atoms with van der Waals surface area (Å²) in [7, 11) is 2.01. The number of hydrogen-bond donors (Lipinski definition) is 1. The molecule has 102 valence electrons. The normalized spacial score (nSPS) is 17.6. The van der Waals surface area contributed by atoms with Crippen LogP contribution in [-0.2, 0) is 18.5 Å². The molecule has 0 amide bonds. The van der Waals surface area contributed by atoms with Crippen LogP contribution >= 0.6 is 11.3 Å². The summed E-state index contributed by atoms with van der Waals surface area (Å²) >= 11 is 1.88. The molecule has 3 nitrogen and oxygen atoms in total. The lowest BCUT2D eigenvalue weighted by atomic mass is 9.91. The largest absolute Gasteiger partial charge is 0.315 e. The molecular weight excluding hydrogens is 242 g/mol. The first-order valence-corrected chi connectivity index (χ1v) is 7.68. The van der Waals surface area contributed by atoms with Crippen LogP contribution in [0.5, 0.6) is 0 Å². The molecule has 1 aliphatic heterocycles. The minimum atomic E-state index is 0.145. The number of rotatable bonds is 4. The van der Waals surface area contributed by atoms with E-state index < -0.39 is 0 Å². The van der Waals surface area contributed by atoms with Gasteiger partial charge in [-0.05, 0) is 33.0 Å². The van der Waals surface area contributed by atoms with Crippen LogP contribution in [0.3, 0.4) is 0 Å². The van der Waals surface area contributed by atoms with Gasteiger partial charge in [0.25, 0.3) is 0 Å². The van der Waals surface area contributed by atoms with Gasteiger partial charge in [0.05, 0.1) is 12.2 Å². The summed E-state index contributed by atoms with van der Waals surface area (Å²) < 4.78 is 0. The van der Waals surface area contributed by atoms with Crippen molar-refractivity contribution in [2.24, 2.45) is 0 Å². The number of nitrogens with one attached hydrogen (secondary N) is 1. The molecule has 1 aromatic heterocycles. The van der Waals surface area contributed by atoms with E-state index in [1.807, 2.05) is 18.4 Å². The maximum absolute atomic E-state index is 4.90. The molecule has 1 fully saturated rings. The van der Waals surface area contributed by atoms with Crippen LogP contribution < -0.4 is 5.32 Å². The molecule has 4 heteroatoms. The van der Waals surface area contributed by atoms with E-state index in [4.69, 9.17) is 4.98 Å². The minimum Gasteiger partial charge on any atom is -0.315 e. The van der Waals surface area contributed by atoms with Gasteiger partial charge >= 0.3 is 0 Å². The third kappa shape index (κ3) is 3.31. The summed E-state index contributed by atoms with van der Waals surface area (Å²) in [5, 5.41) is 4.54. The smallest absolute Gasteiger partial charge is 0.107 e. The molecule has 1 aromatic rings. The second kappa shape index (κ2) is 5.68. The third-order valence-corrected chi connectivity index (χ3v) is 4.39. The van der Waals surface area contributed by atoms with Crippen molar-refractivity contribution in [1.29, 1.82) is 0 Å². The molecule has 18 heavy (non-hydrogen) atoms. The Morgan fingerprint density at radius 2 is 1.94 bits per heavy atom. The SMILES string of the molecule is CNCc1sc(CN2CCCC2)nc1C(C)(C)C. The van der Waals surface area contributed by atoms with Crippen LogP contribution in [-0.4, -0.2) is 30.0 Å². The van der Waals surface area contributed by atoms with Crippen molar-refractivity contribution in [3.63, 3.8) is 0 Å². The number of likely N-dealkylation sites (tertiary alicyclic amines) is 1. The Morgan fingerprint density at radius 3 is 2.50 bits per heavy atom. The maximum Gasteiger partial charge on any atom is 0.107 e. The zero-order valence-corrected chi connectivity index (χ0v) is 12.9. The van der Waals surface area contributed by atoms with Crippen LogP contribution in [0.15, 0.2) is 0 Å². The molecule has 1 aliphatic rings. The fourth-order valence-corrected chi connectivity index (χ4v) is 3.80. The summed E-state index contributed by atoms with van der Waals surface area (Å²) in [5.74, 6) is 0. The average molecular weight is 267 g/mol. The molecule has 0 aliphatic carbocycles. The summed E-state index contributed by atoms with van der Waals surface area (Å²) in [6.07, 6.45) is 2.70. The molecule has 0 unspecified atom stereocenters. The lowest BCUT2D eigenvalue weighted by Gasteiger charge is -2.17. The van der Waals surface area contributed by atoms with E-state index in [1.165, 1.54) is 41.5 Å². The predicted molar refractivity (Wildman–Crippen MR) is 78.1 cm³/mol. The van der Waals surface area contributed by atoms with Gasteiger partial charge in [0.1, 0.15) is 5.01 Å². The Morgan fingerprint density at radius 1 is 1.28 bits per heavy atom. The minimum absolute atomic E-state index is 0.145. The fraction of sp³-hybridized carbons (Fsp3) is 0.786. The molecule has 1 N–H and O–H groups in total. The molecule has 1 saturated heterocycles. The van der Waals surface area contributed by atoms with E-state index in [-0.39, 0.29) is 5.41 Å². The van der Waals surface area contributed by atoms with Crippen molar-refractivity contribution < 1.29 is 0 Å². The van der Waals surface area contributed by atoms with Gasteiger partial charge in [-0.25, -0.2) is 4.98 Å². The highest BCUT2D eigenvalue weighted by Crippen LogP contribution is 2.30. The zero-order valence-electron chi connectivity index (χ0n) is 12.0. The van der Waals surface area contributed by atoms with Gasteiger partial charge in [0.2, 0.25) is 0 Å². The highest BCUT2D eigenvalue weighted by Gasteiger charge is 2.23. The van der Waals surface area contributed by atoms with Gasteiger partial charge in [0.15, 0.2) is 0 Å². The first-order valence-electron chi connectivity index (χ1n) is 6.86. The van der Waals surface area contributed by atoms with Crippen molar-refractivity contribution in [3.05, 3.63) is 15.6 Å². The molecule has 0 saturated carbocycles. The zero-order chi connectivity index (χ0) is 13.2. The third-order valence-electron chi connectivity index (χ3n) is 3.35. The summed E-state index contributed by atoms with van der Waals surface area (Å²) in [6, 6.07) is 0. The number of thiazole rings is 1. The van der Waals surface area contributed by atoms with Crippen molar-refractivity contribution in [2.75, 3.05) is 20.1 Å². The van der Waals surface area contributed by atoms with Gasteiger partial charge < -0.3 is 5.32 Å². The maximum atomic E-state index is 4.90. The van der Waals surface area contributed by atoms with Gasteiger partial charge in [-0.1, -0.05) is 20.8 Å². The van der Waals surface area contributed by atoms with Gasteiger partial charge in [0, 0.05) is 16.8 Å². The second-order valence-electron chi connectivity index (χ2n) is 6.14. The Labute approximate surface area is 115 Å². The van der Waals surface area contributed by atoms with Crippen molar-refractivity contribution in [2.45, 2.75) is 52.1 Å². The van der Waals surface area contributed by atoms with Crippen molar-refractivity contribution in [3.8, 4) is 0 Å². The summed E-state index contributed by atoms with van der Waals surface area (Å²) in [6.45, 7) is 11.2. The van der Waals surface area contributed by atoms with Gasteiger partial charge in [-0.3, -0.25) is 4.90 Å². The van der Waals surface area contributed by atoms with E-state index >= 15 is 0 Å². The highest BCUT2D eigenvalue weighted by atomic mass is 32.1. The standard InChI is InChI=1S/C14H25N3S/c1-14(2,3)13-11(9-15-4)18-12(16-13)10-17-7-5-6-8-17/h15H,5-10H2,1-4H3. The average Bonchev–Trinajstić information content (AvgIpc) is 2.88. The van der Waals surface area contributed by atoms with E-state index in [2.05, 4.69) is 31.0 Å². The van der Waals surface area contributed by atoms with Crippen LogP contribution in [0.2, 0.25) is 0 Å². The lowest BCUT2D eigenvalue weighted by Crippen LogP contribution is -2.19. The Bertz CT molecular complexity index is 386. The molecule has 0 spiro atoms. The number of hydrogen-bond acceptors (Lipinski definition) is 4. The quantitative estimate of drug-likeness (QED) is 0.909. The monoisotopic (exact) mass is 267 g/mol. The predicted octanol–water partition coefficient (Wildman–Crippen LogP) is 2.76. The molecular formula is C14H25N3S. The van der Waals surface area contributed by atoms with E-state index in [0.717, 1.165) is 13.1 Å². The van der Waals surface area contributed by atoms with Crippen molar-refractivity contribution in [1.82, 2.24) is 15.2 Å². The Kier molecular flexibility index (Phi) is 4.41. The lowest BCUT2D eigenvalue weighted by molar-refractivity contribution is 0.330. The highest BCUT2D eigenvalue weighted by molar-refractivity contribution is 7.11. The van der Waals surface area contributed by atoms with Gasteiger partial charge in [-0.2, -0.15) is 0 Å². The van der Waals surface area contributed by atoms with Crippen molar-refractivity contribution >= 4 is 11.3 Å². The molecule has 2 heterocycles. The Hall–Kier alpha value is -0.450. The van der Waals surface area contributed by atoms with Crippen LogP contribution in [0.25, 0.3) is 0 Å². The van der Waals surface area contributed by atoms with Crippen LogP contribution in [0.4, 0.5) is 0 Å². The second-order valence-corrected chi connectivity index (χ2v) is 7.31. The molecule has 0 radical (unpaired) electrons. The number of nitrogens with zero attached hydrogens (tertiary/aromatic N) is 2. The number of aromatic nitrogens is 1. The fourth-order valence-electron chi connectivity index (χ4n) is 2.47. The van der Waals surface area contributed by atoms with E-state index in [0.29, 0.717) is 0 Å². The molecule has 2 rings (SSSR count). The van der Waals surface area contributed by atoms with E-state index in [1.54, 1.807) is 0 Å². The summed E-state index contributed by atoms with van der Waals surface area (Å²) in [4.78, 5) is 8.82. The van der Waals surface area contributed by atoms with Gasteiger partial charge in [-0.15, -0.1) is 11.3 Å². The first-order chi connectivity index (χ1) is 8.50. The van der Waals surface area contributed by atoms with Crippen LogP contribution in [0.1, 0.15) is 49.2 Å². The first kappa shape index (κ1) is 14.0. The summed E-state index contributed by atoms with van der Waals surface area (Å²) in [5.41, 5.74) is 1.42.